The Balaban J connectivity index is 2.23. The molecule has 1 heterocycles. The van der Waals surface area contributed by atoms with E-state index in [0.29, 0.717) is 18.1 Å². The van der Waals surface area contributed by atoms with Gasteiger partial charge in [0.2, 0.25) is 0 Å². The molecule has 4 nitrogen and oxygen atoms in total. The molecule has 2 rings (SSSR count). The smallest absolute Gasteiger partial charge is 0.123 e. The molecule has 0 spiro atoms. The molecule has 2 aromatic rings. The van der Waals surface area contributed by atoms with Crippen molar-refractivity contribution in [3.05, 3.63) is 36.1 Å². The van der Waals surface area contributed by atoms with Crippen molar-refractivity contribution in [1.82, 2.24) is 14.7 Å². The fraction of sp³-hybridized carbons (Fsp3) is 0.308. The fourth-order valence-corrected chi connectivity index (χ4v) is 1.69. The monoisotopic (exact) mass is 248 g/mol. The number of nitrogen functional groups attached to an aromatic ring is 1. The van der Waals surface area contributed by atoms with Crippen molar-refractivity contribution in [2.24, 2.45) is 0 Å². The first-order valence-electron chi connectivity index (χ1n) is 5.80. The number of halogens is 1. The van der Waals surface area contributed by atoms with E-state index in [0.717, 1.165) is 12.1 Å². The molecule has 0 atom stereocenters. The normalized spacial score (nSPS) is 11.1. The van der Waals surface area contributed by atoms with Crippen molar-refractivity contribution >= 4 is 5.82 Å². The van der Waals surface area contributed by atoms with Gasteiger partial charge in [-0.1, -0.05) is 12.1 Å². The van der Waals surface area contributed by atoms with E-state index < -0.39 is 0 Å². The first kappa shape index (κ1) is 12.6. The van der Waals surface area contributed by atoms with Gasteiger partial charge in [-0.15, -0.1) is 0 Å². The second kappa shape index (κ2) is 5.18. The van der Waals surface area contributed by atoms with Gasteiger partial charge in [-0.05, 0) is 26.2 Å². The first-order valence-corrected chi connectivity index (χ1v) is 5.80. The average Bonchev–Trinajstić information content (AvgIpc) is 2.68. The van der Waals surface area contributed by atoms with Crippen LogP contribution in [0.15, 0.2) is 30.3 Å². The Labute approximate surface area is 106 Å². The minimum atomic E-state index is -0.270. The lowest BCUT2D eigenvalue weighted by Gasteiger charge is -2.09. The van der Waals surface area contributed by atoms with Crippen molar-refractivity contribution < 1.29 is 4.39 Å². The number of hydrogen-bond acceptors (Lipinski definition) is 3. The lowest BCUT2D eigenvalue weighted by Crippen LogP contribution is -2.19. The molecule has 96 valence electrons. The topological polar surface area (TPSA) is 47.1 Å². The van der Waals surface area contributed by atoms with Crippen LogP contribution in [0.1, 0.15) is 0 Å². The molecule has 0 saturated heterocycles. The average molecular weight is 248 g/mol. The van der Waals surface area contributed by atoms with Crippen molar-refractivity contribution in [3.8, 4) is 11.3 Å². The zero-order valence-corrected chi connectivity index (χ0v) is 10.6. The predicted molar refractivity (Wildman–Crippen MR) is 70.6 cm³/mol. The highest BCUT2D eigenvalue weighted by atomic mass is 19.1. The second-order valence-electron chi connectivity index (χ2n) is 4.49. The van der Waals surface area contributed by atoms with Crippen molar-refractivity contribution in [2.45, 2.75) is 6.54 Å². The standard InChI is InChI=1S/C13H17FN4/c1-17(2)6-7-18-13(15)9-12(16-18)10-4-3-5-11(14)8-10/h3-5,8-9H,6-7,15H2,1-2H3. The maximum absolute atomic E-state index is 13.1. The van der Waals surface area contributed by atoms with E-state index >= 15 is 0 Å². The Hall–Kier alpha value is -1.88. The molecule has 0 radical (unpaired) electrons. The lowest BCUT2D eigenvalue weighted by molar-refractivity contribution is 0.375. The summed E-state index contributed by atoms with van der Waals surface area (Å²) in [6.45, 7) is 1.57. The summed E-state index contributed by atoms with van der Waals surface area (Å²) in [6, 6.07) is 8.12. The Bertz CT molecular complexity index is 534. The number of aromatic nitrogens is 2. The van der Waals surface area contributed by atoms with E-state index in [-0.39, 0.29) is 5.82 Å². The minimum Gasteiger partial charge on any atom is -0.384 e. The van der Waals surface area contributed by atoms with Gasteiger partial charge in [0.25, 0.3) is 0 Å². The highest BCUT2D eigenvalue weighted by Gasteiger charge is 2.07. The van der Waals surface area contributed by atoms with E-state index in [1.54, 1.807) is 16.8 Å². The Morgan fingerprint density at radius 1 is 1.33 bits per heavy atom. The summed E-state index contributed by atoms with van der Waals surface area (Å²) in [5, 5.41) is 4.39. The molecule has 0 bridgehead atoms. The van der Waals surface area contributed by atoms with Crippen LogP contribution in [0, 0.1) is 5.82 Å². The maximum atomic E-state index is 13.1. The number of likely N-dealkylation sites (N-methyl/N-ethyl adjacent to an activating group) is 1. The van der Waals surface area contributed by atoms with Crippen LogP contribution in [0.5, 0.6) is 0 Å². The van der Waals surface area contributed by atoms with Gasteiger partial charge in [-0.25, -0.2) is 9.07 Å². The van der Waals surface area contributed by atoms with Gasteiger partial charge in [0.05, 0.1) is 12.2 Å². The molecule has 0 saturated carbocycles. The number of nitrogens with zero attached hydrogens (tertiary/aromatic N) is 3. The van der Waals surface area contributed by atoms with Crippen molar-refractivity contribution in [1.29, 1.82) is 0 Å². The third-order valence-corrected chi connectivity index (χ3v) is 2.69. The van der Waals surface area contributed by atoms with Gasteiger partial charge in [-0.2, -0.15) is 5.10 Å². The van der Waals surface area contributed by atoms with Crippen molar-refractivity contribution in [3.63, 3.8) is 0 Å². The maximum Gasteiger partial charge on any atom is 0.123 e. The van der Waals surface area contributed by atoms with Crippen LogP contribution in [0.4, 0.5) is 10.2 Å². The van der Waals surface area contributed by atoms with E-state index in [4.69, 9.17) is 5.73 Å². The molecule has 1 aromatic carbocycles. The summed E-state index contributed by atoms with van der Waals surface area (Å²) in [7, 11) is 3.99. The van der Waals surface area contributed by atoms with Gasteiger partial charge in [0.15, 0.2) is 0 Å². The van der Waals surface area contributed by atoms with E-state index in [9.17, 15) is 4.39 Å². The Kier molecular flexibility index (Phi) is 3.62. The molecule has 0 aliphatic rings. The van der Waals surface area contributed by atoms with Crippen LogP contribution < -0.4 is 5.73 Å². The SMILES string of the molecule is CN(C)CCn1nc(-c2cccc(F)c2)cc1N. The molecule has 5 heteroatoms. The number of benzene rings is 1. The van der Waals surface area contributed by atoms with Gasteiger partial charge in [0, 0.05) is 18.2 Å². The molecule has 0 aliphatic carbocycles. The quantitative estimate of drug-likeness (QED) is 0.898. The summed E-state index contributed by atoms with van der Waals surface area (Å²) < 4.78 is 14.9. The van der Waals surface area contributed by atoms with Gasteiger partial charge in [0.1, 0.15) is 11.6 Å². The molecule has 0 amide bonds. The predicted octanol–water partition coefficient (Wildman–Crippen LogP) is 1.83. The minimum absolute atomic E-state index is 0.270. The van der Waals surface area contributed by atoms with Gasteiger partial charge < -0.3 is 10.6 Å². The number of rotatable bonds is 4. The molecular weight excluding hydrogens is 231 g/mol. The van der Waals surface area contributed by atoms with E-state index in [1.807, 2.05) is 20.2 Å². The van der Waals surface area contributed by atoms with E-state index in [1.165, 1.54) is 12.1 Å². The Morgan fingerprint density at radius 3 is 2.78 bits per heavy atom. The molecule has 2 N–H and O–H groups in total. The van der Waals surface area contributed by atoms with E-state index in [2.05, 4.69) is 10.00 Å². The highest BCUT2D eigenvalue weighted by molar-refractivity contribution is 5.62. The molecule has 0 fully saturated rings. The van der Waals surface area contributed by atoms with Crippen LogP contribution in [0.25, 0.3) is 11.3 Å². The van der Waals surface area contributed by atoms with Crippen LogP contribution in [0.3, 0.4) is 0 Å². The molecule has 0 aliphatic heterocycles. The zero-order valence-electron chi connectivity index (χ0n) is 10.6. The third-order valence-electron chi connectivity index (χ3n) is 2.69. The van der Waals surface area contributed by atoms with Crippen LogP contribution in [-0.4, -0.2) is 35.3 Å². The highest BCUT2D eigenvalue weighted by Crippen LogP contribution is 2.20. The third kappa shape index (κ3) is 2.87. The molecule has 18 heavy (non-hydrogen) atoms. The van der Waals surface area contributed by atoms with Crippen LogP contribution >= 0.6 is 0 Å². The summed E-state index contributed by atoms with van der Waals surface area (Å²) in [4.78, 5) is 2.06. The van der Waals surface area contributed by atoms with Gasteiger partial charge >= 0.3 is 0 Å². The summed E-state index contributed by atoms with van der Waals surface area (Å²) >= 11 is 0. The van der Waals surface area contributed by atoms with Crippen LogP contribution in [0.2, 0.25) is 0 Å². The largest absolute Gasteiger partial charge is 0.384 e. The van der Waals surface area contributed by atoms with Gasteiger partial charge in [-0.3, -0.25) is 0 Å². The second-order valence-corrected chi connectivity index (χ2v) is 4.49. The zero-order chi connectivity index (χ0) is 13.1. The fourth-order valence-electron chi connectivity index (χ4n) is 1.69. The molecule has 0 unspecified atom stereocenters. The summed E-state index contributed by atoms with van der Waals surface area (Å²) in [5.74, 6) is 0.324. The number of hydrogen-bond donors (Lipinski definition) is 1. The summed E-state index contributed by atoms with van der Waals surface area (Å²) in [5.41, 5.74) is 7.33. The number of anilines is 1. The van der Waals surface area contributed by atoms with Crippen LogP contribution in [-0.2, 0) is 6.54 Å². The Morgan fingerprint density at radius 2 is 2.11 bits per heavy atom. The lowest BCUT2D eigenvalue weighted by atomic mass is 10.1. The first-order chi connectivity index (χ1) is 8.56. The molecule has 1 aromatic heterocycles. The molecular formula is C13H17FN4. The van der Waals surface area contributed by atoms with Crippen molar-refractivity contribution in [2.75, 3.05) is 26.4 Å². The number of nitrogens with two attached hydrogens (primary N) is 1. The summed E-state index contributed by atoms with van der Waals surface area (Å²) in [6.07, 6.45) is 0.